The first-order valence-electron chi connectivity index (χ1n) is 7.52. The van der Waals surface area contributed by atoms with E-state index in [0.717, 1.165) is 4.90 Å². The summed E-state index contributed by atoms with van der Waals surface area (Å²) in [5.74, 6) is -1.24. The van der Waals surface area contributed by atoms with Gasteiger partial charge in [-0.3, -0.25) is 9.59 Å². The summed E-state index contributed by atoms with van der Waals surface area (Å²) in [5, 5.41) is 12.2. The Morgan fingerprint density at radius 2 is 2.16 bits per heavy atom. The number of nitrogens with zero attached hydrogens (tertiary/aromatic N) is 2. The molecule has 0 aliphatic carbocycles. The lowest BCUT2D eigenvalue weighted by Crippen LogP contribution is -2.19. The van der Waals surface area contributed by atoms with Gasteiger partial charge >= 0.3 is 0 Å². The molecule has 25 heavy (non-hydrogen) atoms. The van der Waals surface area contributed by atoms with Gasteiger partial charge in [-0.1, -0.05) is 18.2 Å². The van der Waals surface area contributed by atoms with Gasteiger partial charge in [-0.05, 0) is 24.3 Å². The molecule has 0 bridgehead atoms. The Bertz CT molecular complexity index is 1020. The molecule has 1 N–H and O–H groups in total. The van der Waals surface area contributed by atoms with E-state index in [-0.39, 0.29) is 11.8 Å². The fraction of sp³-hybridized carbons (Fsp3) is 0.111. The molecular weight excluding hydrogens is 338 g/mol. The van der Waals surface area contributed by atoms with Gasteiger partial charge in [-0.15, -0.1) is 11.8 Å². The highest BCUT2D eigenvalue weighted by molar-refractivity contribution is 8.00. The van der Waals surface area contributed by atoms with Crippen molar-refractivity contribution in [2.75, 3.05) is 11.1 Å². The second-order valence-corrected chi connectivity index (χ2v) is 6.51. The molecule has 1 aromatic heterocycles. The van der Waals surface area contributed by atoms with Crippen LogP contribution in [0.3, 0.4) is 0 Å². The highest BCUT2D eigenvalue weighted by atomic mass is 32.2. The smallest absolute Gasteiger partial charge is 0.234 e. The van der Waals surface area contributed by atoms with Gasteiger partial charge in [-0.25, -0.2) is 4.98 Å². The lowest BCUT2D eigenvalue weighted by atomic mass is 9.98. The number of para-hydroxylation sites is 2. The van der Waals surface area contributed by atoms with Crippen LogP contribution in [-0.2, 0) is 4.79 Å². The summed E-state index contributed by atoms with van der Waals surface area (Å²) < 4.78 is 5.57. The number of benzene rings is 2. The first-order valence-corrected chi connectivity index (χ1v) is 8.50. The molecule has 122 valence electrons. The van der Waals surface area contributed by atoms with Crippen LogP contribution in [0.5, 0.6) is 0 Å². The predicted molar refractivity (Wildman–Crippen MR) is 92.5 cm³/mol. The molecule has 1 amide bonds. The molecule has 7 heteroatoms. The lowest BCUT2D eigenvalue weighted by molar-refractivity contribution is -0.113. The van der Waals surface area contributed by atoms with Crippen LogP contribution in [0, 0.1) is 11.3 Å². The zero-order valence-electron chi connectivity index (χ0n) is 12.9. The molecule has 0 saturated heterocycles. The Balaban J connectivity index is 1.70. The molecule has 6 nitrogen and oxygen atoms in total. The van der Waals surface area contributed by atoms with E-state index in [1.807, 2.05) is 12.1 Å². The van der Waals surface area contributed by atoms with Crippen LogP contribution >= 0.6 is 11.8 Å². The number of carbonyl (C=O) groups excluding carboxylic acids is 2. The van der Waals surface area contributed by atoms with Gasteiger partial charge in [-0.2, -0.15) is 5.26 Å². The number of amides is 1. The third-order valence-corrected chi connectivity index (χ3v) is 4.92. The van der Waals surface area contributed by atoms with Crippen molar-refractivity contribution in [3.05, 3.63) is 53.9 Å². The monoisotopic (exact) mass is 349 g/mol. The average molecular weight is 349 g/mol. The molecular formula is C18H11N3O3S. The Labute approximate surface area is 146 Å². The molecule has 2 heterocycles. The quantitative estimate of drug-likeness (QED) is 0.728. The Morgan fingerprint density at radius 3 is 2.96 bits per heavy atom. The number of nitrogens with one attached hydrogen (secondary N) is 1. The number of ketones is 1. The van der Waals surface area contributed by atoms with Crippen molar-refractivity contribution in [1.82, 2.24) is 4.98 Å². The van der Waals surface area contributed by atoms with Crippen molar-refractivity contribution in [2.24, 2.45) is 0 Å². The van der Waals surface area contributed by atoms with Gasteiger partial charge in [0.05, 0.1) is 17.5 Å². The molecule has 0 spiro atoms. The van der Waals surface area contributed by atoms with Crippen LogP contribution in [0.15, 0.2) is 51.8 Å². The number of anilines is 1. The highest BCUT2D eigenvalue weighted by Gasteiger charge is 2.28. The summed E-state index contributed by atoms with van der Waals surface area (Å²) in [7, 11) is 0. The van der Waals surface area contributed by atoms with Crippen LogP contribution < -0.4 is 5.32 Å². The van der Waals surface area contributed by atoms with Crippen LogP contribution in [-0.4, -0.2) is 22.4 Å². The van der Waals surface area contributed by atoms with E-state index in [9.17, 15) is 14.9 Å². The number of oxazole rings is 1. The minimum Gasteiger partial charge on any atom is -0.439 e. The summed E-state index contributed by atoms with van der Waals surface area (Å²) in [6.07, 6.45) is 0. The highest BCUT2D eigenvalue weighted by Crippen LogP contribution is 2.33. The predicted octanol–water partition coefficient (Wildman–Crippen LogP) is 3.36. The summed E-state index contributed by atoms with van der Waals surface area (Å²) >= 11 is 1.41. The van der Waals surface area contributed by atoms with Crippen molar-refractivity contribution in [1.29, 1.82) is 5.26 Å². The fourth-order valence-corrected chi connectivity index (χ4v) is 3.43. The zero-order valence-corrected chi connectivity index (χ0v) is 13.7. The van der Waals surface area contributed by atoms with E-state index in [2.05, 4.69) is 10.3 Å². The zero-order chi connectivity index (χ0) is 17.4. The number of aromatic nitrogens is 1. The maximum absolute atomic E-state index is 12.8. The molecule has 0 saturated carbocycles. The van der Waals surface area contributed by atoms with E-state index in [4.69, 9.17) is 4.42 Å². The summed E-state index contributed by atoms with van der Waals surface area (Å²) in [5.41, 5.74) is 2.04. The molecule has 1 atom stereocenters. The molecule has 0 fully saturated rings. The second-order valence-electron chi connectivity index (χ2n) is 5.49. The number of hydrogen-bond donors (Lipinski definition) is 1. The molecule has 1 aliphatic rings. The Hall–Kier alpha value is -3.11. The third-order valence-electron chi connectivity index (χ3n) is 3.85. The van der Waals surface area contributed by atoms with Crippen LogP contribution in [0.1, 0.15) is 22.2 Å². The van der Waals surface area contributed by atoms with Gasteiger partial charge in [0.25, 0.3) is 0 Å². The van der Waals surface area contributed by atoms with Gasteiger partial charge in [0, 0.05) is 10.5 Å². The molecule has 4 rings (SSSR count). The van der Waals surface area contributed by atoms with Gasteiger partial charge in [0.1, 0.15) is 5.52 Å². The number of nitriles is 1. The summed E-state index contributed by atoms with van der Waals surface area (Å²) in [6, 6.07) is 14.1. The van der Waals surface area contributed by atoms with E-state index >= 15 is 0 Å². The number of fused-ring (bicyclic) bond motifs is 2. The third kappa shape index (κ3) is 2.77. The number of thioether (sulfide) groups is 1. The van der Waals surface area contributed by atoms with Crippen LogP contribution in [0.4, 0.5) is 5.69 Å². The van der Waals surface area contributed by atoms with Gasteiger partial charge in [0.15, 0.2) is 17.3 Å². The maximum atomic E-state index is 12.8. The fourth-order valence-electron chi connectivity index (χ4n) is 2.64. The first-order chi connectivity index (χ1) is 12.2. The minimum absolute atomic E-state index is 0.0739. The van der Waals surface area contributed by atoms with E-state index < -0.39 is 11.7 Å². The molecule has 2 aromatic carbocycles. The van der Waals surface area contributed by atoms with Crippen LogP contribution in [0.25, 0.3) is 11.1 Å². The van der Waals surface area contributed by atoms with E-state index in [1.165, 1.54) is 11.8 Å². The topological polar surface area (TPSA) is 96.0 Å². The average Bonchev–Trinajstić information content (AvgIpc) is 3.05. The number of hydrogen-bond acceptors (Lipinski definition) is 6. The van der Waals surface area contributed by atoms with Crippen molar-refractivity contribution in [2.45, 2.75) is 10.8 Å². The number of carbonyl (C=O) groups is 2. The van der Waals surface area contributed by atoms with Crippen molar-refractivity contribution in [3.8, 4) is 6.07 Å². The van der Waals surface area contributed by atoms with Crippen molar-refractivity contribution in [3.63, 3.8) is 0 Å². The first kappa shape index (κ1) is 15.4. The summed E-state index contributed by atoms with van der Waals surface area (Å²) in [4.78, 5) is 29.4. The SMILES string of the molecule is N#CC(C(=O)c1ccc2c(c1)NC(=O)CS2)c1nc2ccccc2o1. The molecule has 1 aliphatic heterocycles. The van der Waals surface area contributed by atoms with E-state index in [0.29, 0.717) is 28.1 Å². The van der Waals surface area contributed by atoms with Crippen molar-refractivity contribution >= 4 is 40.2 Å². The van der Waals surface area contributed by atoms with Gasteiger partial charge in [0.2, 0.25) is 11.8 Å². The largest absolute Gasteiger partial charge is 0.439 e. The van der Waals surface area contributed by atoms with Crippen molar-refractivity contribution < 1.29 is 14.0 Å². The molecule has 1 unspecified atom stereocenters. The molecule has 0 radical (unpaired) electrons. The Morgan fingerprint density at radius 1 is 1.32 bits per heavy atom. The second kappa shape index (κ2) is 6.07. The summed E-state index contributed by atoms with van der Waals surface area (Å²) in [6.45, 7) is 0. The number of rotatable bonds is 3. The number of Topliss-reactive ketones (excluding diaryl/α,β-unsaturated/α-hetero) is 1. The lowest BCUT2D eigenvalue weighted by Gasteiger charge is -2.17. The standard InChI is InChI=1S/C18H11N3O3S/c19-8-11(18-21-12-3-1-2-4-14(12)24-18)17(23)10-5-6-15-13(7-10)20-16(22)9-25-15/h1-7,11H,9H2,(H,20,22). The maximum Gasteiger partial charge on any atom is 0.234 e. The normalized spacial score (nSPS) is 14.4. The van der Waals surface area contributed by atoms with E-state index in [1.54, 1.807) is 36.4 Å². The Kier molecular flexibility index (Phi) is 3.75. The van der Waals surface area contributed by atoms with Gasteiger partial charge < -0.3 is 9.73 Å². The minimum atomic E-state index is -1.14. The molecule has 3 aromatic rings. The van der Waals surface area contributed by atoms with Crippen LogP contribution in [0.2, 0.25) is 0 Å².